The summed E-state index contributed by atoms with van der Waals surface area (Å²) in [6, 6.07) is -0.0113. The summed E-state index contributed by atoms with van der Waals surface area (Å²) in [5.74, 6) is 0. The SMILES string of the molecule is CCc1nn(C)cc1C(N)Cc1cnn(C)c1. The molecule has 5 nitrogen and oxygen atoms in total. The van der Waals surface area contributed by atoms with Gasteiger partial charge in [-0.1, -0.05) is 6.92 Å². The highest BCUT2D eigenvalue weighted by Gasteiger charge is 2.14. The quantitative estimate of drug-likeness (QED) is 0.855. The summed E-state index contributed by atoms with van der Waals surface area (Å²) in [5, 5.41) is 8.56. The summed E-state index contributed by atoms with van der Waals surface area (Å²) in [6.07, 6.45) is 7.59. The molecule has 0 amide bonds. The molecule has 0 spiro atoms. The Morgan fingerprint density at radius 2 is 2.06 bits per heavy atom. The van der Waals surface area contributed by atoms with Gasteiger partial charge in [-0.2, -0.15) is 10.2 Å². The van der Waals surface area contributed by atoms with Gasteiger partial charge in [-0.15, -0.1) is 0 Å². The number of hydrogen-bond donors (Lipinski definition) is 1. The highest BCUT2D eigenvalue weighted by atomic mass is 15.3. The van der Waals surface area contributed by atoms with E-state index in [1.165, 1.54) is 0 Å². The Kier molecular flexibility index (Phi) is 3.28. The molecule has 2 aromatic rings. The fraction of sp³-hybridized carbons (Fsp3) is 0.500. The van der Waals surface area contributed by atoms with E-state index in [1.807, 2.05) is 37.4 Å². The first-order valence-corrected chi connectivity index (χ1v) is 5.85. The predicted octanol–water partition coefficient (Wildman–Crippen LogP) is 0.959. The summed E-state index contributed by atoms with van der Waals surface area (Å²) >= 11 is 0. The summed E-state index contributed by atoms with van der Waals surface area (Å²) < 4.78 is 3.63. The maximum absolute atomic E-state index is 6.24. The minimum atomic E-state index is -0.0113. The maximum atomic E-state index is 6.24. The highest BCUT2D eigenvalue weighted by Crippen LogP contribution is 2.19. The number of nitrogens with two attached hydrogens (primary N) is 1. The smallest absolute Gasteiger partial charge is 0.0669 e. The molecule has 5 heteroatoms. The van der Waals surface area contributed by atoms with E-state index in [0.29, 0.717) is 0 Å². The van der Waals surface area contributed by atoms with Gasteiger partial charge in [0.1, 0.15) is 0 Å². The highest BCUT2D eigenvalue weighted by molar-refractivity contribution is 5.23. The standard InChI is InChI=1S/C12H19N5/c1-4-12-10(8-17(3)15-12)11(13)5-9-6-14-16(2)7-9/h6-8,11H,4-5,13H2,1-3H3. The molecule has 0 fully saturated rings. The first-order chi connectivity index (χ1) is 8.10. The largest absolute Gasteiger partial charge is 0.324 e. The van der Waals surface area contributed by atoms with Gasteiger partial charge in [-0.25, -0.2) is 0 Å². The van der Waals surface area contributed by atoms with Crippen molar-refractivity contribution in [1.29, 1.82) is 0 Å². The molecule has 0 radical (unpaired) electrons. The van der Waals surface area contributed by atoms with Crippen LogP contribution < -0.4 is 5.73 Å². The van der Waals surface area contributed by atoms with Crippen molar-refractivity contribution >= 4 is 0 Å². The summed E-state index contributed by atoms with van der Waals surface area (Å²) in [7, 11) is 3.84. The molecule has 92 valence electrons. The lowest BCUT2D eigenvalue weighted by Crippen LogP contribution is -2.14. The van der Waals surface area contributed by atoms with Crippen molar-refractivity contribution in [3.05, 3.63) is 35.4 Å². The van der Waals surface area contributed by atoms with Crippen molar-refractivity contribution in [1.82, 2.24) is 19.6 Å². The summed E-state index contributed by atoms with van der Waals surface area (Å²) in [6.45, 7) is 2.10. The lowest BCUT2D eigenvalue weighted by molar-refractivity contribution is 0.709. The molecule has 0 saturated heterocycles. The molecule has 17 heavy (non-hydrogen) atoms. The van der Waals surface area contributed by atoms with Gasteiger partial charge in [0.25, 0.3) is 0 Å². The topological polar surface area (TPSA) is 61.7 Å². The van der Waals surface area contributed by atoms with Crippen LogP contribution in [0.1, 0.15) is 29.8 Å². The van der Waals surface area contributed by atoms with Crippen molar-refractivity contribution in [2.75, 3.05) is 0 Å². The molecule has 0 aromatic carbocycles. The first kappa shape index (κ1) is 11.9. The van der Waals surface area contributed by atoms with Crippen LogP contribution in [0.2, 0.25) is 0 Å². The Morgan fingerprint density at radius 3 is 2.65 bits per heavy atom. The van der Waals surface area contributed by atoms with Gasteiger partial charge < -0.3 is 5.73 Å². The second kappa shape index (κ2) is 4.71. The van der Waals surface area contributed by atoms with E-state index in [2.05, 4.69) is 17.1 Å². The third-order valence-corrected chi connectivity index (χ3v) is 2.89. The second-order valence-corrected chi connectivity index (χ2v) is 4.39. The van der Waals surface area contributed by atoms with Gasteiger partial charge >= 0.3 is 0 Å². The summed E-state index contributed by atoms with van der Waals surface area (Å²) in [5.41, 5.74) is 9.62. The van der Waals surface area contributed by atoms with Crippen molar-refractivity contribution in [3.63, 3.8) is 0 Å². The average molecular weight is 233 g/mol. The monoisotopic (exact) mass is 233 g/mol. The fourth-order valence-electron chi connectivity index (χ4n) is 2.08. The lowest BCUT2D eigenvalue weighted by Gasteiger charge is -2.09. The number of aromatic nitrogens is 4. The third-order valence-electron chi connectivity index (χ3n) is 2.89. The van der Waals surface area contributed by atoms with Crippen LogP contribution in [-0.4, -0.2) is 19.6 Å². The van der Waals surface area contributed by atoms with Crippen LogP contribution in [0.4, 0.5) is 0 Å². The Balaban J connectivity index is 2.16. The van der Waals surface area contributed by atoms with E-state index in [4.69, 9.17) is 5.73 Å². The number of rotatable bonds is 4. The first-order valence-electron chi connectivity index (χ1n) is 5.85. The Bertz CT molecular complexity index is 497. The van der Waals surface area contributed by atoms with Crippen LogP contribution in [0.3, 0.4) is 0 Å². The van der Waals surface area contributed by atoms with Crippen LogP contribution in [0.5, 0.6) is 0 Å². The zero-order valence-electron chi connectivity index (χ0n) is 10.6. The molecule has 2 aromatic heterocycles. The van der Waals surface area contributed by atoms with Gasteiger partial charge in [0, 0.05) is 38.1 Å². The van der Waals surface area contributed by atoms with Crippen LogP contribution >= 0.6 is 0 Å². The van der Waals surface area contributed by atoms with Gasteiger partial charge in [0.2, 0.25) is 0 Å². The molecular weight excluding hydrogens is 214 g/mol. The van der Waals surface area contributed by atoms with E-state index < -0.39 is 0 Å². The van der Waals surface area contributed by atoms with Crippen LogP contribution in [-0.2, 0) is 26.9 Å². The van der Waals surface area contributed by atoms with E-state index in [1.54, 1.807) is 4.68 Å². The molecule has 1 unspecified atom stereocenters. The van der Waals surface area contributed by atoms with E-state index in [9.17, 15) is 0 Å². The fourth-order valence-corrected chi connectivity index (χ4v) is 2.08. The minimum absolute atomic E-state index is 0.0113. The van der Waals surface area contributed by atoms with Gasteiger partial charge in [0.15, 0.2) is 0 Å². The van der Waals surface area contributed by atoms with Crippen molar-refractivity contribution in [3.8, 4) is 0 Å². The van der Waals surface area contributed by atoms with Crippen molar-refractivity contribution in [2.24, 2.45) is 19.8 Å². The van der Waals surface area contributed by atoms with Gasteiger partial charge in [0.05, 0.1) is 11.9 Å². The molecule has 0 bridgehead atoms. The molecule has 2 heterocycles. The minimum Gasteiger partial charge on any atom is -0.324 e. The number of hydrogen-bond acceptors (Lipinski definition) is 3. The molecule has 2 rings (SSSR count). The molecule has 0 saturated carbocycles. The van der Waals surface area contributed by atoms with Crippen LogP contribution in [0, 0.1) is 0 Å². The maximum Gasteiger partial charge on any atom is 0.0669 e. The van der Waals surface area contributed by atoms with E-state index >= 15 is 0 Å². The third kappa shape index (κ3) is 2.55. The molecular formula is C12H19N5. The average Bonchev–Trinajstić information content (AvgIpc) is 2.84. The zero-order valence-corrected chi connectivity index (χ0v) is 10.6. The molecule has 1 atom stereocenters. The normalized spacial score (nSPS) is 12.9. The lowest BCUT2D eigenvalue weighted by atomic mass is 10.0. The van der Waals surface area contributed by atoms with Gasteiger partial charge in [-0.05, 0) is 18.4 Å². The number of nitrogens with zero attached hydrogens (tertiary/aromatic N) is 4. The van der Waals surface area contributed by atoms with E-state index in [-0.39, 0.29) is 6.04 Å². The molecule has 0 aliphatic heterocycles. The van der Waals surface area contributed by atoms with Crippen LogP contribution in [0.25, 0.3) is 0 Å². The van der Waals surface area contributed by atoms with Crippen molar-refractivity contribution in [2.45, 2.75) is 25.8 Å². The van der Waals surface area contributed by atoms with Crippen molar-refractivity contribution < 1.29 is 0 Å². The molecule has 0 aliphatic carbocycles. The molecule has 0 aliphatic rings. The second-order valence-electron chi connectivity index (χ2n) is 4.39. The Hall–Kier alpha value is -1.62. The molecule has 2 N–H and O–H groups in total. The van der Waals surface area contributed by atoms with Crippen LogP contribution in [0.15, 0.2) is 18.6 Å². The Labute approximate surface area is 101 Å². The van der Waals surface area contributed by atoms with Gasteiger partial charge in [-0.3, -0.25) is 9.36 Å². The number of aryl methyl sites for hydroxylation is 3. The Morgan fingerprint density at radius 1 is 1.29 bits per heavy atom. The summed E-state index contributed by atoms with van der Waals surface area (Å²) in [4.78, 5) is 0. The predicted molar refractivity (Wildman–Crippen MR) is 66.4 cm³/mol. The zero-order chi connectivity index (χ0) is 12.4. The van der Waals surface area contributed by atoms with E-state index in [0.717, 1.165) is 29.7 Å².